The maximum atomic E-state index is 6.24. The van der Waals surface area contributed by atoms with Crippen molar-refractivity contribution in [1.29, 1.82) is 0 Å². The fourth-order valence-electron chi connectivity index (χ4n) is 2.44. The Bertz CT molecular complexity index is 657. The van der Waals surface area contributed by atoms with Crippen molar-refractivity contribution in [2.45, 2.75) is 26.8 Å². The zero-order valence-corrected chi connectivity index (χ0v) is 16.8. The van der Waals surface area contributed by atoms with Crippen LogP contribution in [0.1, 0.15) is 35.2 Å². The average molecular weight is 479 g/mol. The lowest BCUT2D eigenvalue weighted by molar-refractivity contribution is 0.624. The van der Waals surface area contributed by atoms with Gasteiger partial charge in [-0.2, -0.15) is 0 Å². The van der Waals surface area contributed by atoms with Crippen LogP contribution in [0.4, 0.5) is 0 Å². The zero-order valence-electron chi connectivity index (χ0n) is 12.3. The number of hydrogen-bond donors (Lipinski definition) is 1. The monoisotopic (exact) mass is 477 g/mol. The van der Waals surface area contributed by atoms with Crippen LogP contribution in [0.15, 0.2) is 34.8 Å². The quantitative estimate of drug-likeness (QED) is 0.530. The molecule has 1 N–H and O–H groups in total. The molecule has 1 nitrogen and oxygen atoms in total. The number of rotatable bonds is 4. The predicted octanol–water partition coefficient (Wildman–Crippen LogP) is 6.02. The lowest BCUT2D eigenvalue weighted by atomic mass is 9.93. The summed E-state index contributed by atoms with van der Waals surface area (Å²) in [5, 5.41) is 4.43. The van der Waals surface area contributed by atoms with E-state index in [4.69, 9.17) is 11.6 Å². The maximum absolute atomic E-state index is 6.24. The van der Waals surface area contributed by atoms with Gasteiger partial charge in [-0.1, -0.05) is 40.5 Å². The minimum Gasteiger partial charge on any atom is -0.306 e. The van der Waals surface area contributed by atoms with Gasteiger partial charge in [0.25, 0.3) is 0 Å². The Labute approximate surface area is 153 Å². The van der Waals surface area contributed by atoms with Gasteiger partial charge in [-0.15, -0.1) is 0 Å². The van der Waals surface area contributed by atoms with Gasteiger partial charge in [0.2, 0.25) is 0 Å². The molecular weight excluding hydrogens is 460 g/mol. The van der Waals surface area contributed by atoms with E-state index in [1.807, 2.05) is 0 Å². The second-order valence-corrected chi connectivity index (χ2v) is 7.60. The van der Waals surface area contributed by atoms with Crippen LogP contribution >= 0.6 is 50.1 Å². The largest absolute Gasteiger partial charge is 0.306 e. The fourth-order valence-corrected chi connectivity index (χ4v) is 3.69. The highest BCUT2D eigenvalue weighted by Gasteiger charge is 2.19. The minimum absolute atomic E-state index is 0.176. The van der Waals surface area contributed by atoms with Crippen molar-refractivity contribution in [2.75, 3.05) is 6.54 Å². The molecule has 0 aliphatic carbocycles. The third-order valence-electron chi connectivity index (χ3n) is 3.54. The highest BCUT2D eigenvalue weighted by atomic mass is 127. The molecule has 0 aromatic heterocycles. The Kier molecular flexibility index (Phi) is 6.12. The van der Waals surface area contributed by atoms with Gasteiger partial charge >= 0.3 is 0 Å². The normalized spacial score (nSPS) is 12.5. The summed E-state index contributed by atoms with van der Waals surface area (Å²) >= 11 is 12.2. The molecule has 2 aromatic rings. The second kappa shape index (κ2) is 7.44. The van der Waals surface area contributed by atoms with Crippen molar-refractivity contribution in [3.05, 3.63) is 65.7 Å². The topological polar surface area (TPSA) is 12.0 Å². The van der Waals surface area contributed by atoms with Gasteiger partial charge in [0.05, 0.1) is 6.04 Å². The summed E-state index contributed by atoms with van der Waals surface area (Å²) in [6.07, 6.45) is 0. The molecule has 21 heavy (non-hydrogen) atoms. The Hall–Kier alpha value is -0.100. The van der Waals surface area contributed by atoms with Crippen molar-refractivity contribution in [3.8, 4) is 0 Å². The smallest absolute Gasteiger partial charge is 0.0590 e. The fraction of sp³-hybridized carbons (Fsp3) is 0.294. The SMILES string of the molecule is CCNC(c1cc(C)c(Cl)cc1C)c1cc(Br)ccc1I. The van der Waals surface area contributed by atoms with Crippen molar-refractivity contribution < 1.29 is 0 Å². The third kappa shape index (κ3) is 4.01. The standard InChI is InChI=1S/C17H18BrClIN/c1-4-21-17(14-9-12(18)5-6-16(14)20)13-7-11(3)15(19)8-10(13)2/h5-9,17,21H,4H2,1-3H3. The van der Waals surface area contributed by atoms with Crippen molar-refractivity contribution >= 4 is 50.1 Å². The number of hydrogen-bond acceptors (Lipinski definition) is 1. The van der Waals surface area contributed by atoms with E-state index in [-0.39, 0.29) is 6.04 Å². The van der Waals surface area contributed by atoms with Gasteiger partial charge in [0.15, 0.2) is 0 Å². The average Bonchev–Trinajstić information content (AvgIpc) is 2.43. The molecule has 0 saturated carbocycles. The lowest BCUT2D eigenvalue weighted by Crippen LogP contribution is -2.23. The maximum Gasteiger partial charge on any atom is 0.0590 e. The molecule has 0 radical (unpaired) electrons. The van der Waals surface area contributed by atoms with Gasteiger partial charge in [-0.3, -0.25) is 0 Å². The van der Waals surface area contributed by atoms with E-state index >= 15 is 0 Å². The van der Waals surface area contributed by atoms with Gasteiger partial charge in [0, 0.05) is 13.1 Å². The van der Waals surface area contributed by atoms with Gasteiger partial charge in [0.1, 0.15) is 0 Å². The molecule has 112 valence electrons. The summed E-state index contributed by atoms with van der Waals surface area (Å²) in [4.78, 5) is 0. The second-order valence-electron chi connectivity index (χ2n) is 5.11. The van der Waals surface area contributed by atoms with Crippen LogP contribution in [-0.2, 0) is 0 Å². The molecule has 0 heterocycles. The molecule has 4 heteroatoms. The van der Waals surface area contributed by atoms with Crippen LogP contribution in [0, 0.1) is 17.4 Å². The van der Waals surface area contributed by atoms with Gasteiger partial charge in [-0.05, 0) is 89.5 Å². The first-order valence-electron chi connectivity index (χ1n) is 6.89. The minimum atomic E-state index is 0.176. The summed E-state index contributed by atoms with van der Waals surface area (Å²) in [6, 6.07) is 10.8. The van der Waals surface area contributed by atoms with Crippen molar-refractivity contribution in [3.63, 3.8) is 0 Å². The number of benzene rings is 2. The van der Waals surface area contributed by atoms with E-state index in [1.54, 1.807) is 0 Å². The molecule has 0 amide bonds. The van der Waals surface area contributed by atoms with E-state index in [0.29, 0.717) is 0 Å². The lowest BCUT2D eigenvalue weighted by Gasteiger charge is -2.23. The summed E-state index contributed by atoms with van der Waals surface area (Å²) in [5.41, 5.74) is 4.91. The summed E-state index contributed by atoms with van der Waals surface area (Å²) < 4.78 is 2.36. The van der Waals surface area contributed by atoms with Crippen molar-refractivity contribution in [2.24, 2.45) is 0 Å². The summed E-state index contributed by atoms with van der Waals surface area (Å²) in [6.45, 7) is 7.22. The van der Waals surface area contributed by atoms with E-state index in [0.717, 1.165) is 21.6 Å². The molecular formula is C17H18BrClIN. The zero-order chi connectivity index (χ0) is 15.6. The summed E-state index contributed by atoms with van der Waals surface area (Å²) in [5.74, 6) is 0. The molecule has 0 spiro atoms. The molecule has 0 bridgehead atoms. The van der Waals surface area contributed by atoms with Crippen LogP contribution in [0.5, 0.6) is 0 Å². The third-order valence-corrected chi connectivity index (χ3v) is 5.42. The number of halogens is 3. The predicted molar refractivity (Wildman–Crippen MR) is 103 cm³/mol. The van der Waals surface area contributed by atoms with Crippen LogP contribution in [0.3, 0.4) is 0 Å². The molecule has 1 atom stereocenters. The van der Waals surface area contributed by atoms with Gasteiger partial charge < -0.3 is 5.32 Å². The Morgan fingerprint density at radius 2 is 1.86 bits per heavy atom. The van der Waals surface area contributed by atoms with Crippen LogP contribution in [0.25, 0.3) is 0 Å². The van der Waals surface area contributed by atoms with Crippen LogP contribution < -0.4 is 5.32 Å². The molecule has 2 aromatic carbocycles. The number of nitrogens with one attached hydrogen (secondary N) is 1. The highest BCUT2D eigenvalue weighted by Crippen LogP contribution is 2.32. The van der Waals surface area contributed by atoms with E-state index in [1.165, 1.54) is 20.3 Å². The van der Waals surface area contributed by atoms with Crippen LogP contribution in [0.2, 0.25) is 5.02 Å². The van der Waals surface area contributed by atoms with Crippen molar-refractivity contribution in [1.82, 2.24) is 5.32 Å². The van der Waals surface area contributed by atoms with E-state index < -0.39 is 0 Å². The molecule has 0 aliphatic heterocycles. The first-order chi connectivity index (χ1) is 9.93. The first kappa shape index (κ1) is 17.3. The Morgan fingerprint density at radius 3 is 2.52 bits per heavy atom. The van der Waals surface area contributed by atoms with E-state index in [9.17, 15) is 0 Å². The van der Waals surface area contributed by atoms with E-state index in [2.05, 4.69) is 94.9 Å². The highest BCUT2D eigenvalue weighted by molar-refractivity contribution is 14.1. The molecule has 1 unspecified atom stereocenters. The molecule has 0 aliphatic rings. The van der Waals surface area contributed by atoms with Gasteiger partial charge in [-0.25, -0.2) is 0 Å². The molecule has 0 fully saturated rings. The Balaban J connectivity index is 2.58. The first-order valence-corrected chi connectivity index (χ1v) is 9.14. The number of aryl methyl sites for hydroxylation is 2. The Morgan fingerprint density at radius 1 is 1.14 bits per heavy atom. The molecule has 2 rings (SSSR count). The summed E-state index contributed by atoms with van der Waals surface area (Å²) in [7, 11) is 0. The molecule has 0 saturated heterocycles. The van der Waals surface area contributed by atoms with Crippen LogP contribution in [-0.4, -0.2) is 6.54 Å².